The predicted molar refractivity (Wildman–Crippen MR) is 87.0 cm³/mol. The maximum atomic E-state index is 11.9. The first-order chi connectivity index (χ1) is 9.16. The molecule has 2 aromatic carbocycles. The molecule has 2 aromatic rings. The smallest absolute Gasteiger partial charge is 0.224 e. The second kappa shape index (κ2) is 6.56. The first-order valence-corrected chi connectivity index (χ1v) is 7.12. The Balaban J connectivity index is 1.92. The van der Waals surface area contributed by atoms with Gasteiger partial charge in [0.15, 0.2) is 0 Å². The number of hydrogen-bond acceptors (Lipinski definition) is 2. The highest BCUT2D eigenvalue weighted by atomic mass is 127. The minimum atomic E-state index is 0.00682. The maximum absolute atomic E-state index is 11.9. The summed E-state index contributed by atoms with van der Waals surface area (Å²) < 4.78 is 1.03. The molecule has 0 unspecified atom stereocenters. The number of nitrogens with one attached hydrogen (secondary N) is 1. The van der Waals surface area contributed by atoms with Crippen molar-refractivity contribution in [2.24, 2.45) is 0 Å². The highest BCUT2D eigenvalue weighted by Gasteiger charge is 2.06. The summed E-state index contributed by atoms with van der Waals surface area (Å²) >= 11 is 2.20. The van der Waals surface area contributed by atoms with Crippen molar-refractivity contribution in [2.45, 2.75) is 12.8 Å². The Morgan fingerprint density at radius 2 is 1.79 bits per heavy atom. The Bertz CT molecular complexity index is 584. The number of para-hydroxylation sites is 2. The molecule has 0 bridgehead atoms. The first-order valence-electron chi connectivity index (χ1n) is 6.04. The Kier molecular flexibility index (Phi) is 4.79. The van der Waals surface area contributed by atoms with E-state index in [0.717, 1.165) is 20.5 Å². The Hall–Kier alpha value is -1.56. The molecular weight excluding hydrogens is 351 g/mol. The van der Waals surface area contributed by atoms with Crippen LogP contribution in [-0.2, 0) is 11.2 Å². The monoisotopic (exact) mass is 366 g/mol. The van der Waals surface area contributed by atoms with E-state index in [1.807, 2.05) is 48.5 Å². The number of carbonyl (C=O) groups excluding carboxylic acids is 1. The van der Waals surface area contributed by atoms with Gasteiger partial charge in [-0.15, -0.1) is 0 Å². The van der Waals surface area contributed by atoms with Gasteiger partial charge in [0.1, 0.15) is 0 Å². The van der Waals surface area contributed by atoms with Crippen molar-refractivity contribution in [3.05, 3.63) is 57.7 Å². The van der Waals surface area contributed by atoms with Crippen LogP contribution in [0.2, 0.25) is 0 Å². The van der Waals surface area contributed by atoms with Gasteiger partial charge in [-0.1, -0.05) is 30.3 Å². The summed E-state index contributed by atoms with van der Waals surface area (Å²) in [6.07, 6.45) is 1.08. The van der Waals surface area contributed by atoms with Gasteiger partial charge in [-0.2, -0.15) is 0 Å². The molecular formula is C15H15IN2O. The zero-order valence-electron chi connectivity index (χ0n) is 10.4. The molecule has 0 fully saturated rings. The number of halogens is 1. The van der Waals surface area contributed by atoms with Crippen molar-refractivity contribution in [3.63, 3.8) is 0 Å². The SMILES string of the molecule is Nc1ccccc1CCC(=O)Nc1ccccc1I. The molecule has 4 heteroatoms. The third-order valence-corrected chi connectivity index (χ3v) is 3.77. The normalized spacial score (nSPS) is 10.2. The van der Waals surface area contributed by atoms with Gasteiger partial charge < -0.3 is 11.1 Å². The fraction of sp³-hybridized carbons (Fsp3) is 0.133. The Morgan fingerprint density at radius 3 is 2.53 bits per heavy atom. The standard InChI is InChI=1S/C15H15IN2O/c16-12-6-2-4-8-14(12)18-15(19)10-9-11-5-1-3-7-13(11)17/h1-8H,9-10,17H2,(H,18,19). The fourth-order valence-electron chi connectivity index (χ4n) is 1.79. The van der Waals surface area contributed by atoms with E-state index in [2.05, 4.69) is 27.9 Å². The fourth-order valence-corrected chi connectivity index (χ4v) is 2.31. The highest BCUT2D eigenvalue weighted by Crippen LogP contribution is 2.18. The lowest BCUT2D eigenvalue weighted by molar-refractivity contribution is -0.116. The quantitative estimate of drug-likeness (QED) is 0.643. The van der Waals surface area contributed by atoms with E-state index < -0.39 is 0 Å². The number of hydrogen-bond donors (Lipinski definition) is 2. The number of anilines is 2. The van der Waals surface area contributed by atoms with Gasteiger partial charge in [-0.25, -0.2) is 0 Å². The molecule has 1 amide bonds. The number of amides is 1. The summed E-state index contributed by atoms with van der Waals surface area (Å²) in [5, 5.41) is 2.91. The van der Waals surface area contributed by atoms with E-state index in [1.54, 1.807) is 0 Å². The van der Waals surface area contributed by atoms with Gasteiger partial charge in [0.05, 0.1) is 5.69 Å². The first kappa shape index (κ1) is 13.9. The minimum absolute atomic E-state index is 0.00682. The van der Waals surface area contributed by atoms with Crippen LogP contribution in [0.1, 0.15) is 12.0 Å². The Labute approximate surface area is 126 Å². The van der Waals surface area contributed by atoms with Crippen molar-refractivity contribution in [1.82, 2.24) is 0 Å². The van der Waals surface area contributed by atoms with Crippen molar-refractivity contribution in [2.75, 3.05) is 11.1 Å². The van der Waals surface area contributed by atoms with Crippen LogP contribution in [0.25, 0.3) is 0 Å². The molecule has 0 saturated carbocycles. The summed E-state index contributed by atoms with van der Waals surface area (Å²) in [6, 6.07) is 15.4. The van der Waals surface area contributed by atoms with Gasteiger partial charge in [-0.05, 0) is 52.8 Å². The van der Waals surface area contributed by atoms with E-state index in [-0.39, 0.29) is 5.91 Å². The topological polar surface area (TPSA) is 55.1 Å². The van der Waals surface area contributed by atoms with Crippen molar-refractivity contribution in [1.29, 1.82) is 0 Å². The summed E-state index contributed by atoms with van der Waals surface area (Å²) in [4.78, 5) is 11.9. The van der Waals surface area contributed by atoms with Crippen LogP contribution < -0.4 is 11.1 Å². The lowest BCUT2D eigenvalue weighted by Gasteiger charge is -2.08. The van der Waals surface area contributed by atoms with E-state index >= 15 is 0 Å². The molecule has 19 heavy (non-hydrogen) atoms. The number of rotatable bonds is 4. The molecule has 0 heterocycles. The molecule has 3 nitrogen and oxygen atoms in total. The molecule has 0 aromatic heterocycles. The van der Waals surface area contributed by atoms with Crippen LogP contribution in [-0.4, -0.2) is 5.91 Å². The molecule has 0 aliphatic heterocycles. The average Bonchev–Trinajstić information content (AvgIpc) is 2.40. The largest absolute Gasteiger partial charge is 0.399 e. The molecule has 0 atom stereocenters. The van der Waals surface area contributed by atoms with Crippen molar-refractivity contribution < 1.29 is 4.79 Å². The van der Waals surface area contributed by atoms with E-state index in [1.165, 1.54) is 0 Å². The predicted octanol–water partition coefficient (Wildman–Crippen LogP) is 3.44. The van der Waals surface area contributed by atoms with Gasteiger partial charge in [0.25, 0.3) is 0 Å². The maximum Gasteiger partial charge on any atom is 0.224 e. The zero-order chi connectivity index (χ0) is 13.7. The molecule has 0 saturated heterocycles. The molecule has 0 radical (unpaired) electrons. The summed E-state index contributed by atoms with van der Waals surface area (Å²) in [5.74, 6) is 0.00682. The number of nitrogens with two attached hydrogens (primary N) is 1. The minimum Gasteiger partial charge on any atom is -0.399 e. The van der Waals surface area contributed by atoms with E-state index in [0.29, 0.717) is 12.8 Å². The van der Waals surface area contributed by atoms with Gasteiger partial charge in [-0.3, -0.25) is 4.79 Å². The van der Waals surface area contributed by atoms with Crippen molar-refractivity contribution in [3.8, 4) is 0 Å². The third kappa shape index (κ3) is 3.96. The van der Waals surface area contributed by atoms with Crippen LogP contribution in [0.5, 0.6) is 0 Å². The zero-order valence-corrected chi connectivity index (χ0v) is 12.6. The van der Waals surface area contributed by atoms with Gasteiger partial charge in [0, 0.05) is 15.7 Å². The second-order valence-corrected chi connectivity index (χ2v) is 5.39. The van der Waals surface area contributed by atoms with Crippen LogP contribution in [0.4, 0.5) is 11.4 Å². The van der Waals surface area contributed by atoms with E-state index in [9.17, 15) is 4.79 Å². The Morgan fingerprint density at radius 1 is 1.11 bits per heavy atom. The third-order valence-electron chi connectivity index (χ3n) is 2.82. The second-order valence-electron chi connectivity index (χ2n) is 4.23. The molecule has 0 spiro atoms. The highest BCUT2D eigenvalue weighted by molar-refractivity contribution is 14.1. The molecule has 2 rings (SSSR count). The average molecular weight is 366 g/mol. The number of aryl methyl sites for hydroxylation is 1. The van der Waals surface area contributed by atoms with E-state index in [4.69, 9.17) is 5.73 Å². The van der Waals surface area contributed by atoms with Crippen LogP contribution in [0.15, 0.2) is 48.5 Å². The van der Waals surface area contributed by atoms with Crippen LogP contribution in [0.3, 0.4) is 0 Å². The molecule has 3 N–H and O–H groups in total. The van der Waals surface area contributed by atoms with Gasteiger partial charge >= 0.3 is 0 Å². The summed E-state index contributed by atoms with van der Waals surface area (Å²) in [5.41, 5.74) is 8.46. The molecule has 98 valence electrons. The van der Waals surface area contributed by atoms with Crippen molar-refractivity contribution >= 4 is 39.9 Å². The lowest BCUT2D eigenvalue weighted by atomic mass is 10.1. The van der Waals surface area contributed by atoms with Crippen LogP contribution >= 0.6 is 22.6 Å². The number of carbonyl (C=O) groups is 1. The number of nitrogen functional groups attached to an aromatic ring is 1. The summed E-state index contributed by atoms with van der Waals surface area (Å²) in [6.45, 7) is 0. The summed E-state index contributed by atoms with van der Waals surface area (Å²) in [7, 11) is 0. The molecule has 0 aliphatic rings. The molecule has 0 aliphatic carbocycles. The van der Waals surface area contributed by atoms with Gasteiger partial charge in [0.2, 0.25) is 5.91 Å². The number of benzene rings is 2. The lowest BCUT2D eigenvalue weighted by Crippen LogP contribution is -2.13. The van der Waals surface area contributed by atoms with Crippen LogP contribution in [0, 0.1) is 3.57 Å².